The summed E-state index contributed by atoms with van der Waals surface area (Å²) in [7, 11) is 5.40. The molecule has 360 valence electrons. The molecule has 8 nitrogen and oxygen atoms in total. The topological polar surface area (TPSA) is 102 Å². The van der Waals surface area contributed by atoms with Crippen LogP contribution in [0.4, 0.5) is 0 Å². The predicted octanol–water partition coefficient (Wildman–Crippen LogP) is 13.1. The van der Waals surface area contributed by atoms with Crippen molar-refractivity contribution in [2.24, 2.45) is 0 Å². The van der Waals surface area contributed by atoms with Crippen molar-refractivity contribution >= 4 is 17.9 Å². The molecular formula is C55H93NO7. The highest BCUT2D eigenvalue weighted by molar-refractivity contribution is 5.70. The smallest absolute Gasteiger partial charge is 0.306 e. The Labute approximate surface area is 386 Å². The third kappa shape index (κ3) is 43.5. The number of unbranched alkanes of at least 4 members (excludes halogenated alkanes) is 16. The van der Waals surface area contributed by atoms with Gasteiger partial charge in [-0.3, -0.25) is 9.59 Å². The Hall–Kier alpha value is -3.49. The highest BCUT2D eigenvalue weighted by atomic mass is 16.6. The quantitative estimate of drug-likeness (QED) is 0.0260. The summed E-state index contributed by atoms with van der Waals surface area (Å²) >= 11 is 0. The van der Waals surface area contributed by atoms with Gasteiger partial charge in [0, 0.05) is 19.3 Å². The van der Waals surface area contributed by atoms with Crippen LogP contribution in [0.2, 0.25) is 0 Å². The normalized spacial score (nSPS) is 13.6. The zero-order valence-electron chi connectivity index (χ0n) is 41.0. The van der Waals surface area contributed by atoms with Gasteiger partial charge < -0.3 is 28.6 Å². The van der Waals surface area contributed by atoms with Gasteiger partial charge in [0.1, 0.15) is 12.6 Å². The molecule has 0 spiro atoms. The van der Waals surface area contributed by atoms with Crippen LogP contribution in [-0.2, 0) is 28.6 Å². The van der Waals surface area contributed by atoms with E-state index < -0.39 is 18.1 Å². The van der Waals surface area contributed by atoms with Crippen LogP contribution in [0, 0.1) is 0 Å². The molecule has 8 heteroatoms. The van der Waals surface area contributed by atoms with Gasteiger partial charge in [-0.05, 0) is 89.9 Å². The van der Waals surface area contributed by atoms with Crippen molar-refractivity contribution in [3.8, 4) is 0 Å². The number of allylic oxidation sites excluding steroid dienone is 14. The highest BCUT2D eigenvalue weighted by Crippen LogP contribution is 2.13. The lowest BCUT2D eigenvalue weighted by molar-refractivity contribution is -0.889. The van der Waals surface area contributed by atoms with Gasteiger partial charge >= 0.3 is 11.9 Å². The van der Waals surface area contributed by atoms with Crippen LogP contribution in [0.1, 0.15) is 194 Å². The summed E-state index contributed by atoms with van der Waals surface area (Å²) in [5.74, 6) is -1.78. The number of carbonyl (C=O) groups excluding carboxylic acids is 3. The molecule has 0 aliphatic rings. The molecule has 0 bridgehead atoms. The number of quaternary nitrogens is 1. The van der Waals surface area contributed by atoms with Crippen molar-refractivity contribution in [1.29, 1.82) is 0 Å². The van der Waals surface area contributed by atoms with Crippen molar-refractivity contribution in [1.82, 2.24) is 0 Å². The molecule has 0 N–H and O–H groups in total. The Bertz CT molecular complexity index is 1300. The zero-order chi connectivity index (χ0) is 46.3. The molecule has 0 heterocycles. The Balaban J connectivity index is 4.34. The molecule has 0 fully saturated rings. The summed E-state index contributed by atoms with van der Waals surface area (Å²) in [5.41, 5.74) is 0. The molecule has 2 atom stereocenters. The van der Waals surface area contributed by atoms with E-state index in [4.69, 9.17) is 14.2 Å². The zero-order valence-corrected chi connectivity index (χ0v) is 41.0. The van der Waals surface area contributed by atoms with E-state index in [1.165, 1.54) is 57.8 Å². The van der Waals surface area contributed by atoms with Gasteiger partial charge in [0.05, 0.1) is 40.3 Å². The number of aliphatic carboxylic acids is 1. The van der Waals surface area contributed by atoms with Crippen molar-refractivity contribution < 1.29 is 38.2 Å². The average molecular weight is 880 g/mol. The molecule has 0 aliphatic carbocycles. The first-order chi connectivity index (χ1) is 30.6. The van der Waals surface area contributed by atoms with Gasteiger partial charge in [0.15, 0.2) is 6.10 Å². The number of hydrogen-bond acceptors (Lipinski definition) is 7. The van der Waals surface area contributed by atoms with E-state index >= 15 is 0 Å². The number of carboxylic acids is 1. The minimum atomic E-state index is -1.13. The summed E-state index contributed by atoms with van der Waals surface area (Å²) in [6, 6.07) is -0.736. The molecule has 0 aromatic heterocycles. The first-order valence-electron chi connectivity index (χ1n) is 25.1. The van der Waals surface area contributed by atoms with E-state index in [0.29, 0.717) is 12.8 Å². The van der Waals surface area contributed by atoms with Crippen molar-refractivity contribution in [2.45, 2.75) is 206 Å². The van der Waals surface area contributed by atoms with E-state index in [2.05, 4.69) is 98.9 Å². The Morgan fingerprint density at radius 3 is 1.33 bits per heavy atom. The van der Waals surface area contributed by atoms with Crippen LogP contribution in [-0.4, -0.2) is 75.5 Å². The van der Waals surface area contributed by atoms with Crippen LogP contribution < -0.4 is 5.11 Å². The number of nitrogens with zero attached hydrogens (tertiary/aromatic N) is 1. The molecule has 0 saturated heterocycles. The number of carbonyl (C=O) groups is 3. The predicted molar refractivity (Wildman–Crippen MR) is 263 cm³/mol. The van der Waals surface area contributed by atoms with E-state index in [0.717, 1.165) is 103 Å². The first kappa shape index (κ1) is 59.5. The molecule has 0 aromatic rings. The van der Waals surface area contributed by atoms with E-state index in [9.17, 15) is 19.5 Å². The van der Waals surface area contributed by atoms with Crippen molar-refractivity contribution in [3.63, 3.8) is 0 Å². The average Bonchev–Trinajstić information content (AvgIpc) is 3.24. The molecule has 2 unspecified atom stereocenters. The van der Waals surface area contributed by atoms with Gasteiger partial charge in [-0.25, -0.2) is 0 Å². The maximum atomic E-state index is 12.8. The second kappa shape index (κ2) is 45.1. The third-order valence-electron chi connectivity index (χ3n) is 10.8. The molecular weight excluding hydrogens is 787 g/mol. The molecule has 0 amide bonds. The van der Waals surface area contributed by atoms with E-state index in [-0.39, 0.29) is 42.7 Å². The molecule has 0 aromatic carbocycles. The van der Waals surface area contributed by atoms with Gasteiger partial charge in [-0.2, -0.15) is 0 Å². The molecule has 63 heavy (non-hydrogen) atoms. The van der Waals surface area contributed by atoms with Crippen LogP contribution in [0.15, 0.2) is 85.1 Å². The maximum absolute atomic E-state index is 12.8. The molecule has 0 aliphatic heterocycles. The van der Waals surface area contributed by atoms with Crippen LogP contribution >= 0.6 is 0 Å². The standard InChI is InChI=1S/C55H93NO7/c1-6-8-10-12-14-16-18-20-22-24-25-26-27-28-29-30-32-33-35-37-39-41-43-45-53(57)62-50-51(49-61-48-47-52(55(59)60)56(3,4)5)63-54(58)46-44-42-40-38-36-34-31-23-21-19-17-15-13-11-9-7-2/h8,10,14,16,20,22-23,25-26,28-29,31-33,51-52H,6-7,9,11-13,15,17-19,21,24,27,30,34-50H2,1-5H3/b10-8+,16-14+,22-20+,26-25+,29-28+,31-23+,33-32+. The fourth-order valence-corrected chi connectivity index (χ4v) is 6.89. The minimum absolute atomic E-state index is 0.0248. The molecule has 0 radical (unpaired) electrons. The number of rotatable bonds is 44. The van der Waals surface area contributed by atoms with Gasteiger partial charge in [0.25, 0.3) is 0 Å². The Kier molecular flexibility index (Phi) is 42.6. The van der Waals surface area contributed by atoms with Gasteiger partial charge in [0.2, 0.25) is 0 Å². The number of ether oxygens (including phenoxy) is 3. The number of hydrogen-bond donors (Lipinski definition) is 0. The fraction of sp³-hybridized carbons (Fsp3) is 0.691. The lowest BCUT2D eigenvalue weighted by atomic mass is 10.1. The maximum Gasteiger partial charge on any atom is 0.306 e. The summed E-state index contributed by atoms with van der Waals surface area (Å²) in [6.45, 7) is 4.51. The first-order valence-corrected chi connectivity index (χ1v) is 25.1. The minimum Gasteiger partial charge on any atom is -0.544 e. The summed E-state index contributed by atoms with van der Waals surface area (Å²) in [4.78, 5) is 37.0. The Morgan fingerprint density at radius 2 is 0.889 bits per heavy atom. The van der Waals surface area contributed by atoms with Crippen LogP contribution in [0.25, 0.3) is 0 Å². The third-order valence-corrected chi connectivity index (χ3v) is 10.8. The second-order valence-corrected chi connectivity index (χ2v) is 17.7. The summed E-state index contributed by atoms with van der Waals surface area (Å²) in [6.07, 6.45) is 58.9. The highest BCUT2D eigenvalue weighted by Gasteiger charge is 2.25. The summed E-state index contributed by atoms with van der Waals surface area (Å²) in [5, 5.41) is 11.7. The summed E-state index contributed by atoms with van der Waals surface area (Å²) < 4.78 is 17.2. The van der Waals surface area contributed by atoms with E-state index in [1.807, 2.05) is 0 Å². The SMILES string of the molecule is CC/C=C/C/C=C/C/C=C/C/C=C/C/C=C/C/C=C/CCCCCCC(=O)OCC(COCCC(C(=O)[O-])[N+](C)(C)C)OC(=O)CCCCCCC/C=C/CCCCCCCCC. The monoisotopic (exact) mass is 880 g/mol. The van der Waals surface area contributed by atoms with Gasteiger partial charge in [-0.15, -0.1) is 0 Å². The van der Waals surface area contributed by atoms with Crippen LogP contribution in [0.3, 0.4) is 0 Å². The largest absolute Gasteiger partial charge is 0.544 e. The number of carboxylic acid groups (broad SMARTS) is 1. The lowest BCUT2D eigenvalue weighted by Gasteiger charge is -2.34. The molecule has 0 rings (SSSR count). The number of esters is 2. The number of likely N-dealkylation sites (N-methyl/N-ethyl adjacent to an activating group) is 1. The molecule has 0 saturated carbocycles. The van der Waals surface area contributed by atoms with Crippen molar-refractivity contribution in [2.75, 3.05) is 41.0 Å². The van der Waals surface area contributed by atoms with Gasteiger partial charge in [-0.1, -0.05) is 170 Å². The fourth-order valence-electron chi connectivity index (χ4n) is 6.89. The van der Waals surface area contributed by atoms with E-state index in [1.54, 1.807) is 21.1 Å². The Morgan fingerprint density at radius 1 is 0.492 bits per heavy atom. The lowest BCUT2D eigenvalue weighted by Crippen LogP contribution is -2.55. The van der Waals surface area contributed by atoms with Crippen LogP contribution in [0.5, 0.6) is 0 Å². The van der Waals surface area contributed by atoms with Crippen molar-refractivity contribution in [3.05, 3.63) is 85.1 Å². The second-order valence-electron chi connectivity index (χ2n) is 17.7.